The van der Waals surface area contributed by atoms with Crippen LogP contribution < -0.4 is 4.90 Å². The molecule has 100 valence electrons. The lowest BCUT2D eigenvalue weighted by Gasteiger charge is -2.25. The topological polar surface area (TPSA) is 12.5 Å². The van der Waals surface area contributed by atoms with Gasteiger partial charge in [-0.1, -0.05) is 15.9 Å². The smallest absolute Gasteiger partial charge is 0.149 e. The highest BCUT2D eigenvalue weighted by atomic mass is 79.9. The van der Waals surface area contributed by atoms with E-state index >= 15 is 0 Å². The van der Waals surface area contributed by atoms with Crippen LogP contribution in [0.5, 0.6) is 0 Å². The molecule has 1 aromatic rings. The predicted molar refractivity (Wildman–Crippen MR) is 71.2 cm³/mol. The average molecular weight is 320 g/mol. The molecule has 0 atom stereocenters. The maximum atomic E-state index is 14.0. The summed E-state index contributed by atoms with van der Waals surface area (Å²) in [6.07, 6.45) is 1.98. The minimum atomic E-state index is -0.493. The standard InChI is InChI=1S/C13H16BrF2NO/c1-18-5-4-17(10-2-3-10)13-11(15)6-9(8-14)7-12(13)16/h6-7,10H,2-5,8H2,1H3. The summed E-state index contributed by atoms with van der Waals surface area (Å²) in [5, 5.41) is 0.447. The SMILES string of the molecule is COCCN(c1c(F)cc(CBr)cc1F)C1CC1. The van der Waals surface area contributed by atoms with Crippen LogP contribution >= 0.6 is 15.9 Å². The van der Waals surface area contributed by atoms with Crippen molar-refractivity contribution in [2.24, 2.45) is 0 Å². The summed E-state index contributed by atoms with van der Waals surface area (Å²) in [7, 11) is 1.59. The maximum Gasteiger partial charge on any atom is 0.149 e. The zero-order chi connectivity index (χ0) is 13.1. The van der Waals surface area contributed by atoms with Gasteiger partial charge in [0, 0.05) is 25.0 Å². The molecule has 0 amide bonds. The van der Waals surface area contributed by atoms with Gasteiger partial charge in [-0.05, 0) is 30.5 Å². The molecule has 0 aromatic heterocycles. The fourth-order valence-corrected chi connectivity index (χ4v) is 2.35. The molecule has 0 saturated heterocycles. The van der Waals surface area contributed by atoms with Crippen LogP contribution in [0.3, 0.4) is 0 Å². The third kappa shape index (κ3) is 3.01. The fourth-order valence-electron chi connectivity index (χ4n) is 2.02. The Balaban J connectivity index is 2.28. The number of halogens is 3. The van der Waals surface area contributed by atoms with Crippen LogP contribution in [0.2, 0.25) is 0 Å². The first-order valence-corrected chi connectivity index (χ1v) is 7.09. The number of anilines is 1. The maximum absolute atomic E-state index is 14.0. The summed E-state index contributed by atoms with van der Waals surface area (Å²) in [6.45, 7) is 0.984. The Labute approximate surface area is 114 Å². The van der Waals surface area contributed by atoms with Crippen molar-refractivity contribution in [2.75, 3.05) is 25.2 Å². The zero-order valence-electron chi connectivity index (χ0n) is 10.3. The van der Waals surface area contributed by atoms with Gasteiger partial charge in [-0.25, -0.2) is 8.78 Å². The van der Waals surface area contributed by atoms with Crippen LogP contribution in [-0.4, -0.2) is 26.3 Å². The number of hydrogen-bond donors (Lipinski definition) is 0. The van der Waals surface area contributed by atoms with Gasteiger partial charge in [0.2, 0.25) is 0 Å². The lowest BCUT2D eigenvalue weighted by Crippen LogP contribution is -2.31. The van der Waals surface area contributed by atoms with Crippen molar-refractivity contribution >= 4 is 21.6 Å². The molecule has 0 radical (unpaired) electrons. The molecule has 2 nitrogen and oxygen atoms in total. The monoisotopic (exact) mass is 319 g/mol. The molecule has 0 bridgehead atoms. The van der Waals surface area contributed by atoms with Crippen molar-refractivity contribution in [2.45, 2.75) is 24.2 Å². The van der Waals surface area contributed by atoms with Crippen LogP contribution in [0.25, 0.3) is 0 Å². The second-order valence-electron chi connectivity index (χ2n) is 4.46. The Kier molecular flexibility index (Phi) is 4.56. The number of benzene rings is 1. The zero-order valence-corrected chi connectivity index (χ0v) is 11.8. The lowest BCUT2D eigenvalue weighted by atomic mass is 10.2. The first-order valence-electron chi connectivity index (χ1n) is 5.96. The normalized spacial score (nSPS) is 14.9. The van der Waals surface area contributed by atoms with E-state index in [4.69, 9.17) is 4.74 Å². The summed E-state index contributed by atoms with van der Waals surface area (Å²) in [5.41, 5.74) is 0.690. The van der Waals surface area contributed by atoms with E-state index in [9.17, 15) is 8.78 Å². The Morgan fingerprint density at radius 3 is 2.39 bits per heavy atom. The number of methoxy groups -OCH3 is 1. The van der Waals surface area contributed by atoms with Crippen LogP contribution in [-0.2, 0) is 10.1 Å². The molecule has 0 N–H and O–H groups in total. The minimum absolute atomic E-state index is 0.0826. The van der Waals surface area contributed by atoms with Crippen LogP contribution in [0, 0.1) is 11.6 Å². The van der Waals surface area contributed by atoms with Gasteiger partial charge in [0.25, 0.3) is 0 Å². The van der Waals surface area contributed by atoms with Crippen molar-refractivity contribution in [3.8, 4) is 0 Å². The molecule has 0 heterocycles. The van der Waals surface area contributed by atoms with E-state index in [0.717, 1.165) is 12.8 Å². The molecule has 1 fully saturated rings. The highest BCUT2D eigenvalue weighted by Crippen LogP contribution is 2.35. The highest BCUT2D eigenvalue weighted by Gasteiger charge is 2.32. The first kappa shape index (κ1) is 13.7. The Morgan fingerprint density at radius 2 is 1.94 bits per heavy atom. The molecule has 1 aliphatic rings. The van der Waals surface area contributed by atoms with Gasteiger partial charge in [-0.15, -0.1) is 0 Å². The van der Waals surface area contributed by atoms with E-state index in [1.54, 1.807) is 12.0 Å². The Hall–Kier alpha value is -0.680. The van der Waals surface area contributed by atoms with Gasteiger partial charge < -0.3 is 9.64 Å². The minimum Gasteiger partial charge on any atom is -0.383 e. The molecule has 5 heteroatoms. The van der Waals surface area contributed by atoms with Crippen molar-refractivity contribution in [1.82, 2.24) is 0 Å². The number of hydrogen-bond acceptors (Lipinski definition) is 2. The van der Waals surface area contributed by atoms with Gasteiger partial charge in [0.1, 0.15) is 17.3 Å². The van der Waals surface area contributed by atoms with Crippen molar-refractivity contribution in [3.63, 3.8) is 0 Å². The van der Waals surface area contributed by atoms with E-state index in [1.165, 1.54) is 12.1 Å². The molecule has 0 unspecified atom stereocenters. The number of nitrogens with zero attached hydrogens (tertiary/aromatic N) is 1. The van der Waals surface area contributed by atoms with E-state index in [2.05, 4.69) is 15.9 Å². The van der Waals surface area contributed by atoms with E-state index in [-0.39, 0.29) is 11.7 Å². The first-order chi connectivity index (χ1) is 8.67. The number of rotatable bonds is 6. The van der Waals surface area contributed by atoms with Crippen molar-refractivity contribution < 1.29 is 13.5 Å². The van der Waals surface area contributed by atoms with Crippen molar-refractivity contribution in [1.29, 1.82) is 0 Å². The van der Waals surface area contributed by atoms with E-state index in [0.29, 0.717) is 24.0 Å². The summed E-state index contributed by atoms with van der Waals surface area (Å²) < 4.78 is 33.0. The molecule has 2 rings (SSSR count). The van der Waals surface area contributed by atoms with Crippen LogP contribution in [0.4, 0.5) is 14.5 Å². The molecule has 18 heavy (non-hydrogen) atoms. The lowest BCUT2D eigenvalue weighted by molar-refractivity contribution is 0.204. The number of alkyl halides is 1. The molecular formula is C13H16BrF2NO. The van der Waals surface area contributed by atoms with Gasteiger partial charge in [-0.3, -0.25) is 0 Å². The molecular weight excluding hydrogens is 304 g/mol. The third-order valence-electron chi connectivity index (χ3n) is 3.04. The third-order valence-corrected chi connectivity index (χ3v) is 3.69. The Morgan fingerprint density at radius 1 is 1.33 bits per heavy atom. The average Bonchev–Trinajstić information content (AvgIpc) is 3.16. The summed E-state index contributed by atoms with van der Waals surface area (Å²) >= 11 is 3.20. The molecule has 0 aliphatic heterocycles. The summed E-state index contributed by atoms with van der Waals surface area (Å²) in [6, 6.07) is 3.02. The van der Waals surface area contributed by atoms with E-state index in [1.807, 2.05) is 0 Å². The largest absolute Gasteiger partial charge is 0.383 e. The molecule has 1 saturated carbocycles. The molecule has 1 aromatic carbocycles. The Bertz CT molecular complexity index is 400. The highest BCUT2D eigenvalue weighted by molar-refractivity contribution is 9.08. The van der Waals surface area contributed by atoms with Crippen LogP contribution in [0.15, 0.2) is 12.1 Å². The van der Waals surface area contributed by atoms with Crippen molar-refractivity contribution in [3.05, 3.63) is 29.3 Å². The molecule has 1 aliphatic carbocycles. The summed E-state index contributed by atoms with van der Waals surface area (Å²) in [5.74, 6) is -0.986. The number of ether oxygens (including phenoxy) is 1. The second-order valence-corrected chi connectivity index (χ2v) is 5.02. The molecule has 0 spiro atoms. The van der Waals surface area contributed by atoms with E-state index < -0.39 is 11.6 Å². The predicted octanol–water partition coefficient (Wildman–Crippen LogP) is 3.47. The summed E-state index contributed by atoms with van der Waals surface area (Å²) in [4.78, 5) is 1.78. The van der Waals surface area contributed by atoms with Gasteiger partial charge in [-0.2, -0.15) is 0 Å². The van der Waals surface area contributed by atoms with Gasteiger partial charge >= 0.3 is 0 Å². The quantitative estimate of drug-likeness (QED) is 0.744. The fraction of sp³-hybridized carbons (Fsp3) is 0.538. The second kappa shape index (κ2) is 5.97. The van der Waals surface area contributed by atoms with Gasteiger partial charge in [0.05, 0.1) is 6.61 Å². The van der Waals surface area contributed by atoms with Crippen LogP contribution in [0.1, 0.15) is 18.4 Å². The van der Waals surface area contributed by atoms with Gasteiger partial charge in [0.15, 0.2) is 0 Å².